The molecular formula is C18H21BrN2. The summed E-state index contributed by atoms with van der Waals surface area (Å²) in [6.45, 7) is 2.91. The zero-order valence-electron chi connectivity index (χ0n) is 12.3. The van der Waals surface area contributed by atoms with Gasteiger partial charge in [0.2, 0.25) is 0 Å². The van der Waals surface area contributed by atoms with E-state index < -0.39 is 0 Å². The van der Waals surface area contributed by atoms with Crippen molar-refractivity contribution >= 4 is 21.6 Å². The van der Waals surface area contributed by atoms with E-state index in [4.69, 9.17) is 5.73 Å². The normalized spacial score (nSPS) is 24.4. The van der Waals surface area contributed by atoms with Crippen LogP contribution in [0.4, 0.5) is 5.69 Å². The molecule has 110 valence electrons. The molecule has 0 saturated carbocycles. The second kappa shape index (κ2) is 5.82. The van der Waals surface area contributed by atoms with E-state index in [1.807, 2.05) is 0 Å². The number of fused-ring (bicyclic) bond motifs is 1. The Morgan fingerprint density at radius 2 is 1.90 bits per heavy atom. The maximum atomic E-state index is 6.20. The summed E-state index contributed by atoms with van der Waals surface area (Å²) in [5, 5.41) is 3.70. The largest absolute Gasteiger partial charge is 0.374 e. The van der Waals surface area contributed by atoms with Gasteiger partial charge in [-0.1, -0.05) is 47.1 Å². The fourth-order valence-corrected chi connectivity index (χ4v) is 3.58. The lowest BCUT2D eigenvalue weighted by molar-refractivity contribution is 0.391. The molecule has 0 spiro atoms. The summed E-state index contributed by atoms with van der Waals surface area (Å²) in [6, 6.07) is 17.0. The molecule has 1 aliphatic rings. The van der Waals surface area contributed by atoms with Crippen LogP contribution in [0.1, 0.15) is 36.8 Å². The molecule has 0 amide bonds. The van der Waals surface area contributed by atoms with E-state index >= 15 is 0 Å². The first kappa shape index (κ1) is 14.6. The van der Waals surface area contributed by atoms with Crippen LogP contribution in [0.25, 0.3) is 0 Å². The van der Waals surface area contributed by atoms with Gasteiger partial charge in [-0.15, -0.1) is 0 Å². The molecule has 2 aromatic carbocycles. The Bertz CT molecular complexity index is 623. The maximum Gasteiger partial charge on any atom is 0.0750 e. The minimum Gasteiger partial charge on any atom is -0.374 e. The highest BCUT2D eigenvalue weighted by atomic mass is 79.9. The lowest BCUT2D eigenvalue weighted by Gasteiger charge is -2.42. The van der Waals surface area contributed by atoms with Crippen molar-refractivity contribution in [2.45, 2.75) is 31.2 Å². The standard InChI is InChI=1S/C18H21BrN2/c1-13-10-11-18(12-20,17-5-3-2-4-16(13)17)21-15-8-6-14(19)7-9-15/h2-9,13,21H,10-12,20H2,1H3. The number of nitrogens with two attached hydrogens (primary N) is 1. The van der Waals surface area contributed by atoms with Crippen molar-refractivity contribution in [2.75, 3.05) is 11.9 Å². The molecule has 0 bridgehead atoms. The molecule has 0 heterocycles. The van der Waals surface area contributed by atoms with Gasteiger partial charge in [0.25, 0.3) is 0 Å². The Balaban J connectivity index is 2.01. The average Bonchev–Trinajstić information content (AvgIpc) is 2.53. The van der Waals surface area contributed by atoms with Crippen LogP contribution in [-0.4, -0.2) is 6.54 Å². The van der Waals surface area contributed by atoms with Gasteiger partial charge in [-0.3, -0.25) is 0 Å². The number of anilines is 1. The lowest BCUT2D eigenvalue weighted by Crippen LogP contribution is -2.45. The van der Waals surface area contributed by atoms with E-state index in [-0.39, 0.29) is 5.54 Å². The highest BCUT2D eigenvalue weighted by Crippen LogP contribution is 2.42. The molecule has 2 nitrogen and oxygen atoms in total. The highest BCUT2D eigenvalue weighted by molar-refractivity contribution is 9.10. The monoisotopic (exact) mass is 344 g/mol. The Morgan fingerprint density at radius 1 is 1.19 bits per heavy atom. The summed E-state index contributed by atoms with van der Waals surface area (Å²) in [6.07, 6.45) is 2.23. The molecule has 3 N–H and O–H groups in total. The third-order valence-electron chi connectivity index (χ3n) is 4.59. The van der Waals surface area contributed by atoms with Crippen LogP contribution < -0.4 is 11.1 Å². The molecule has 2 unspecified atom stereocenters. The first-order valence-corrected chi connectivity index (χ1v) is 8.27. The van der Waals surface area contributed by atoms with E-state index in [1.54, 1.807) is 0 Å². The van der Waals surface area contributed by atoms with Gasteiger partial charge in [0.1, 0.15) is 0 Å². The Hall–Kier alpha value is -1.32. The molecule has 21 heavy (non-hydrogen) atoms. The molecule has 0 fully saturated rings. The Kier molecular flexibility index (Phi) is 4.05. The van der Waals surface area contributed by atoms with Crippen molar-refractivity contribution in [1.82, 2.24) is 0 Å². The molecule has 2 atom stereocenters. The third kappa shape index (κ3) is 2.72. The SMILES string of the molecule is CC1CCC(CN)(Nc2ccc(Br)cc2)c2ccccc21. The fraction of sp³-hybridized carbons (Fsp3) is 0.333. The fourth-order valence-electron chi connectivity index (χ4n) is 3.32. The predicted octanol–water partition coefficient (Wildman–Crippen LogP) is 4.61. The summed E-state index contributed by atoms with van der Waals surface area (Å²) in [4.78, 5) is 0. The Labute approximate surface area is 134 Å². The number of rotatable bonds is 3. The summed E-state index contributed by atoms with van der Waals surface area (Å²) < 4.78 is 1.09. The average molecular weight is 345 g/mol. The van der Waals surface area contributed by atoms with Gasteiger partial charge < -0.3 is 11.1 Å². The van der Waals surface area contributed by atoms with Crippen LogP contribution in [0.5, 0.6) is 0 Å². The lowest BCUT2D eigenvalue weighted by atomic mass is 9.72. The van der Waals surface area contributed by atoms with Gasteiger partial charge in [-0.05, 0) is 54.2 Å². The second-order valence-electron chi connectivity index (χ2n) is 5.95. The summed E-state index contributed by atoms with van der Waals surface area (Å²) in [7, 11) is 0. The van der Waals surface area contributed by atoms with Gasteiger partial charge in [0, 0.05) is 16.7 Å². The van der Waals surface area contributed by atoms with E-state index in [2.05, 4.69) is 76.7 Å². The first-order chi connectivity index (χ1) is 10.1. The predicted molar refractivity (Wildman–Crippen MR) is 92.6 cm³/mol. The molecular weight excluding hydrogens is 324 g/mol. The number of halogens is 1. The van der Waals surface area contributed by atoms with E-state index in [0.717, 1.165) is 23.0 Å². The molecule has 0 radical (unpaired) electrons. The van der Waals surface area contributed by atoms with Crippen LogP contribution in [-0.2, 0) is 5.54 Å². The number of hydrogen-bond donors (Lipinski definition) is 2. The van der Waals surface area contributed by atoms with Gasteiger partial charge in [0.05, 0.1) is 5.54 Å². The van der Waals surface area contributed by atoms with Gasteiger partial charge in [0.15, 0.2) is 0 Å². The van der Waals surface area contributed by atoms with E-state index in [9.17, 15) is 0 Å². The highest BCUT2D eigenvalue weighted by Gasteiger charge is 2.37. The van der Waals surface area contributed by atoms with Crippen LogP contribution in [0.2, 0.25) is 0 Å². The quantitative estimate of drug-likeness (QED) is 0.852. The van der Waals surface area contributed by atoms with Gasteiger partial charge >= 0.3 is 0 Å². The van der Waals surface area contributed by atoms with Crippen molar-refractivity contribution in [3.8, 4) is 0 Å². The molecule has 1 aliphatic carbocycles. The second-order valence-corrected chi connectivity index (χ2v) is 6.86. The zero-order chi connectivity index (χ0) is 14.9. The summed E-state index contributed by atoms with van der Waals surface area (Å²) >= 11 is 3.48. The van der Waals surface area contributed by atoms with Crippen LogP contribution in [0, 0.1) is 0 Å². The molecule has 0 saturated heterocycles. The van der Waals surface area contributed by atoms with Crippen LogP contribution in [0.15, 0.2) is 53.0 Å². The zero-order valence-corrected chi connectivity index (χ0v) is 13.9. The summed E-state index contributed by atoms with van der Waals surface area (Å²) in [5.41, 5.74) is 9.95. The topological polar surface area (TPSA) is 38.0 Å². The van der Waals surface area contributed by atoms with Crippen molar-refractivity contribution in [3.63, 3.8) is 0 Å². The van der Waals surface area contributed by atoms with Crippen LogP contribution in [0.3, 0.4) is 0 Å². The molecule has 3 rings (SSSR count). The minimum absolute atomic E-state index is 0.156. The smallest absolute Gasteiger partial charge is 0.0750 e. The molecule has 3 heteroatoms. The van der Waals surface area contributed by atoms with E-state index in [1.165, 1.54) is 11.1 Å². The minimum atomic E-state index is -0.156. The van der Waals surface area contributed by atoms with E-state index in [0.29, 0.717) is 12.5 Å². The van der Waals surface area contributed by atoms with Crippen molar-refractivity contribution in [1.29, 1.82) is 0 Å². The van der Waals surface area contributed by atoms with Gasteiger partial charge in [-0.2, -0.15) is 0 Å². The number of hydrogen-bond acceptors (Lipinski definition) is 2. The Morgan fingerprint density at radius 3 is 2.62 bits per heavy atom. The van der Waals surface area contributed by atoms with Crippen molar-refractivity contribution in [3.05, 3.63) is 64.1 Å². The molecule has 0 aliphatic heterocycles. The van der Waals surface area contributed by atoms with Crippen molar-refractivity contribution in [2.24, 2.45) is 5.73 Å². The molecule has 0 aromatic heterocycles. The van der Waals surface area contributed by atoms with Gasteiger partial charge in [-0.25, -0.2) is 0 Å². The van der Waals surface area contributed by atoms with Crippen molar-refractivity contribution < 1.29 is 0 Å². The third-order valence-corrected chi connectivity index (χ3v) is 5.12. The molecule has 2 aromatic rings. The first-order valence-electron chi connectivity index (χ1n) is 7.48. The van der Waals surface area contributed by atoms with Crippen LogP contribution >= 0.6 is 15.9 Å². The maximum absolute atomic E-state index is 6.20. The number of benzene rings is 2. The number of nitrogens with one attached hydrogen (secondary N) is 1. The summed E-state index contributed by atoms with van der Waals surface area (Å²) in [5.74, 6) is 0.604.